The number of unbranched alkanes of at least 4 members (excludes halogenated alkanes) is 1. The van der Waals surface area contributed by atoms with Gasteiger partial charge in [0.15, 0.2) is 0 Å². The zero-order valence-corrected chi connectivity index (χ0v) is 8.38. The van der Waals surface area contributed by atoms with Gasteiger partial charge in [-0.15, -0.1) is 0 Å². The molecule has 0 heterocycles. The normalized spacial score (nSPS) is 11.4. The van der Waals surface area contributed by atoms with Crippen molar-refractivity contribution in [2.45, 2.75) is 26.7 Å². The molecule has 0 atom stereocenters. The lowest BCUT2D eigenvalue weighted by Crippen LogP contribution is -1.94. The molecule has 0 fully saturated rings. The highest BCUT2D eigenvalue weighted by Crippen LogP contribution is 2.09. The van der Waals surface area contributed by atoms with E-state index in [-0.39, 0.29) is 0 Å². The molecular formula is C12H17N. The molecule has 0 bridgehead atoms. The molecule has 70 valence electrons. The lowest BCUT2D eigenvalue weighted by atomic mass is 10.2. The molecule has 0 spiro atoms. The van der Waals surface area contributed by atoms with Crippen molar-refractivity contribution in [2.24, 2.45) is 0 Å². The Morgan fingerprint density at radius 1 is 1.31 bits per heavy atom. The molecule has 0 radical (unpaired) electrons. The van der Waals surface area contributed by atoms with Crippen molar-refractivity contribution in [3.05, 3.63) is 42.1 Å². The van der Waals surface area contributed by atoms with Gasteiger partial charge in [-0.25, -0.2) is 0 Å². The Balaban J connectivity index is 2.50. The van der Waals surface area contributed by atoms with Gasteiger partial charge >= 0.3 is 0 Å². The maximum Gasteiger partial charge on any atom is 0.0381 e. The van der Waals surface area contributed by atoms with Gasteiger partial charge in [0.05, 0.1) is 0 Å². The van der Waals surface area contributed by atoms with Gasteiger partial charge in [0.25, 0.3) is 0 Å². The second kappa shape index (κ2) is 5.41. The number of nitrogens with one attached hydrogen (secondary N) is 1. The van der Waals surface area contributed by atoms with Crippen molar-refractivity contribution in [3.8, 4) is 0 Å². The second-order valence-electron chi connectivity index (χ2n) is 3.17. The fraction of sp³-hybridized carbons (Fsp3) is 0.333. The summed E-state index contributed by atoms with van der Waals surface area (Å²) in [6, 6.07) is 10.2. The van der Waals surface area contributed by atoms with E-state index in [9.17, 15) is 0 Å². The van der Waals surface area contributed by atoms with Crippen LogP contribution in [0.2, 0.25) is 0 Å². The highest BCUT2D eigenvalue weighted by molar-refractivity contribution is 5.47. The van der Waals surface area contributed by atoms with Crippen LogP contribution in [-0.2, 0) is 0 Å². The third-order valence-electron chi connectivity index (χ3n) is 1.85. The summed E-state index contributed by atoms with van der Waals surface area (Å²) in [5, 5.41) is 3.34. The number of anilines is 1. The molecule has 0 saturated heterocycles. The van der Waals surface area contributed by atoms with Crippen LogP contribution in [0.5, 0.6) is 0 Å². The lowest BCUT2D eigenvalue weighted by molar-refractivity contribution is 0.949. The Hall–Kier alpha value is -1.24. The summed E-state index contributed by atoms with van der Waals surface area (Å²) in [7, 11) is 0. The van der Waals surface area contributed by atoms with E-state index in [0.717, 1.165) is 12.1 Å². The highest BCUT2D eigenvalue weighted by atomic mass is 14.9. The predicted molar refractivity (Wildman–Crippen MR) is 58.7 cm³/mol. The molecule has 1 heteroatoms. The first-order valence-electron chi connectivity index (χ1n) is 4.81. The van der Waals surface area contributed by atoms with Crippen molar-refractivity contribution >= 4 is 5.69 Å². The maximum atomic E-state index is 3.34. The van der Waals surface area contributed by atoms with E-state index in [4.69, 9.17) is 0 Å². The van der Waals surface area contributed by atoms with Crippen LogP contribution in [0.25, 0.3) is 0 Å². The Labute approximate surface area is 80.5 Å². The first-order valence-corrected chi connectivity index (χ1v) is 4.81. The van der Waals surface area contributed by atoms with E-state index in [0.29, 0.717) is 0 Å². The molecule has 1 aromatic rings. The number of benzene rings is 1. The van der Waals surface area contributed by atoms with Crippen LogP contribution in [-0.4, -0.2) is 0 Å². The molecule has 0 aromatic heterocycles. The van der Waals surface area contributed by atoms with Gasteiger partial charge in [-0.05, 0) is 25.5 Å². The number of allylic oxidation sites excluding steroid dienone is 2. The third kappa shape index (κ3) is 3.79. The standard InChI is InChI=1S/C12H17N/c1-3-4-8-11(2)13-12-9-6-5-7-10-12/h5-10,13H,3-4H2,1-2H3/b11-8+. The molecule has 1 rings (SSSR count). The van der Waals surface area contributed by atoms with Gasteiger partial charge in [0.1, 0.15) is 0 Å². The first kappa shape index (κ1) is 9.85. The Morgan fingerprint density at radius 3 is 2.62 bits per heavy atom. The van der Waals surface area contributed by atoms with Gasteiger partial charge in [-0.3, -0.25) is 0 Å². The Bertz CT molecular complexity index is 262. The molecule has 1 N–H and O–H groups in total. The van der Waals surface area contributed by atoms with Crippen LogP contribution in [0.15, 0.2) is 42.1 Å². The smallest absolute Gasteiger partial charge is 0.0381 e. The summed E-state index contributed by atoms with van der Waals surface area (Å²) in [6.07, 6.45) is 4.58. The number of rotatable bonds is 4. The molecule has 0 saturated carbocycles. The highest BCUT2D eigenvalue weighted by Gasteiger charge is 1.89. The third-order valence-corrected chi connectivity index (χ3v) is 1.85. The van der Waals surface area contributed by atoms with Gasteiger partial charge in [-0.2, -0.15) is 0 Å². The minimum atomic E-state index is 1.14. The molecule has 13 heavy (non-hydrogen) atoms. The van der Waals surface area contributed by atoms with E-state index >= 15 is 0 Å². The predicted octanol–water partition coefficient (Wildman–Crippen LogP) is 3.80. The summed E-state index contributed by atoms with van der Waals surface area (Å²) >= 11 is 0. The molecule has 0 aliphatic carbocycles. The number of hydrogen-bond acceptors (Lipinski definition) is 1. The van der Waals surface area contributed by atoms with Crippen LogP contribution < -0.4 is 5.32 Å². The zero-order valence-electron chi connectivity index (χ0n) is 8.38. The fourth-order valence-electron chi connectivity index (χ4n) is 1.16. The minimum absolute atomic E-state index is 1.14. The van der Waals surface area contributed by atoms with Crippen molar-refractivity contribution in [3.63, 3.8) is 0 Å². The molecule has 1 nitrogen and oxygen atoms in total. The van der Waals surface area contributed by atoms with Crippen molar-refractivity contribution < 1.29 is 0 Å². The monoisotopic (exact) mass is 175 g/mol. The van der Waals surface area contributed by atoms with E-state index in [2.05, 4.69) is 37.4 Å². The van der Waals surface area contributed by atoms with E-state index in [1.165, 1.54) is 12.1 Å². The van der Waals surface area contributed by atoms with Gasteiger partial charge in [0, 0.05) is 11.4 Å². The van der Waals surface area contributed by atoms with Crippen molar-refractivity contribution in [1.82, 2.24) is 0 Å². The van der Waals surface area contributed by atoms with E-state index in [1.54, 1.807) is 0 Å². The van der Waals surface area contributed by atoms with Gasteiger partial charge in [-0.1, -0.05) is 37.6 Å². The summed E-state index contributed by atoms with van der Waals surface area (Å²) in [5.74, 6) is 0. The summed E-state index contributed by atoms with van der Waals surface area (Å²) in [6.45, 7) is 4.29. The van der Waals surface area contributed by atoms with E-state index in [1.807, 2.05) is 18.2 Å². The Kier molecular flexibility index (Phi) is 4.10. The van der Waals surface area contributed by atoms with Crippen LogP contribution in [0.3, 0.4) is 0 Å². The number of hydrogen-bond donors (Lipinski definition) is 1. The molecule has 0 aliphatic heterocycles. The molecule has 0 unspecified atom stereocenters. The van der Waals surface area contributed by atoms with Crippen molar-refractivity contribution in [2.75, 3.05) is 5.32 Å². The number of para-hydroxylation sites is 1. The summed E-state index contributed by atoms with van der Waals surface area (Å²) < 4.78 is 0. The molecular weight excluding hydrogens is 158 g/mol. The maximum absolute atomic E-state index is 3.34. The average Bonchev–Trinajstić information content (AvgIpc) is 2.16. The van der Waals surface area contributed by atoms with E-state index < -0.39 is 0 Å². The van der Waals surface area contributed by atoms with Crippen LogP contribution >= 0.6 is 0 Å². The molecule has 0 aliphatic rings. The molecule has 0 amide bonds. The Morgan fingerprint density at radius 2 is 2.00 bits per heavy atom. The summed E-state index contributed by atoms with van der Waals surface area (Å²) in [4.78, 5) is 0. The average molecular weight is 175 g/mol. The minimum Gasteiger partial charge on any atom is -0.359 e. The van der Waals surface area contributed by atoms with Crippen LogP contribution in [0.4, 0.5) is 5.69 Å². The topological polar surface area (TPSA) is 12.0 Å². The largest absolute Gasteiger partial charge is 0.359 e. The zero-order chi connectivity index (χ0) is 9.52. The van der Waals surface area contributed by atoms with Gasteiger partial charge in [0.2, 0.25) is 0 Å². The van der Waals surface area contributed by atoms with Gasteiger partial charge < -0.3 is 5.32 Å². The molecule has 1 aromatic carbocycles. The quantitative estimate of drug-likeness (QED) is 0.733. The second-order valence-corrected chi connectivity index (χ2v) is 3.17. The SMILES string of the molecule is CCC/C=C(\C)Nc1ccccc1. The summed E-state index contributed by atoms with van der Waals surface area (Å²) in [5.41, 5.74) is 2.39. The lowest BCUT2D eigenvalue weighted by Gasteiger charge is -2.05. The van der Waals surface area contributed by atoms with Crippen LogP contribution in [0, 0.1) is 0 Å². The fourth-order valence-corrected chi connectivity index (χ4v) is 1.16. The van der Waals surface area contributed by atoms with Crippen LogP contribution in [0.1, 0.15) is 26.7 Å². The first-order chi connectivity index (χ1) is 6.33. The van der Waals surface area contributed by atoms with Crippen molar-refractivity contribution in [1.29, 1.82) is 0 Å².